The van der Waals surface area contributed by atoms with Crippen molar-refractivity contribution < 1.29 is 4.79 Å². The van der Waals surface area contributed by atoms with Crippen LogP contribution in [0.3, 0.4) is 0 Å². The van der Waals surface area contributed by atoms with Crippen molar-refractivity contribution in [3.63, 3.8) is 0 Å². The van der Waals surface area contributed by atoms with Gasteiger partial charge in [0.2, 0.25) is 0 Å². The first-order valence-corrected chi connectivity index (χ1v) is 9.06. The predicted octanol–water partition coefficient (Wildman–Crippen LogP) is 4.70. The van der Waals surface area contributed by atoms with Gasteiger partial charge in [0.05, 0.1) is 11.3 Å². The summed E-state index contributed by atoms with van der Waals surface area (Å²) in [5.74, 6) is -0.118. The number of carbonyl (C=O) groups excluding carboxylic acids is 1. The minimum Gasteiger partial charge on any atom is -0.270 e. The lowest BCUT2D eigenvalue weighted by molar-refractivity contribution is -0.111. The number of amides is 1. The molecule has 0 unspecified atom stereocenters. The van der Waals surface area contributed by atoms with Crippen LogP contribution in [-0.2, 0) is 4.79 Å². The molecule has 0 aliphatic carbocycles. The second-order valence-corrected chi connectivity index (χ2v) is 6.47. The fraction of sp³-hybridized carbons (Fsp3) is 0.0455. The van der Waals surface area contributed by atoms with E-state index in [1.807, 2.05) is 85.8 Å². The summed E-state index contributed by atoms with van der Waals surface area (Å²) in [6, 6.07) is 17.3. The maximum Gasteiger partial charge on any atom is 0.401 e. The summed E-state index contributed by atoms with van der Waals surface area (Å²) in [6.45, 7) is 1.96. The maximum atomic E-state index is 12.9. The summed E-state index contributed by atoms with van der Waals surface area (Å²) in [5, 5.41) is 0. The Morgan fingerprint density at radius 3 is 2.54 bits per heavy atom. The van der Waals surface area contributed by atoms with Gasteiger partial charge in [0.1, 0.15) is 0 Å². The van der Waals surface area contributed by atoms with Crippen LogP contribution in [0.4, 0.5) is 11.4 Å². The Hall–Kier alpha value is -2.94. The second kappa shape index (κ2) is 8.43. The molecule has 0 aromatic heterocycles. The number of para-hydroxylation sites is 2. The monoisotopic (exact) mass is 405 g/mol. The van der Waals surface area contributed by atoms with Gasteiger partial charge in [-0.2, -0.15) is 0 Å². The van der Waals surface area contributed by atoms with Crippen molar-refractivity contribution in [3.05, 3.63) is 95.0 Å². The molecule has 1 heterocycles. The summed E-state index contributed by atoms with van der Waals surface area (Å²) in [6.07, 6.45) is 11.1. The third-order valence-electron chi connectivity index (χ3n) is 3.80. The van der Waals surface area contributed by atoms with Crippen LogP contribution in [0.5, 0.6) is 0 Å². The molecule has 0 N–H and O–H groups in total. The number of hydrogen-bond donors (Lipinski definition) is 0. The highest BCUT2D eigenvalue weighted by atomic mass is 79.9. The van der Waals surface area contributed by atoms with E-state index in [0.717, 1.165) is 21.4 Å². The second-order valence-electron chi connectivity index (χ2n) is 5.56. The standard InChI is InChI=1S/C22H18BrN2O/c1-2-10-17(23)11-8-9-16-24-21-19-14-6-7-15-20(19)25(22(21)26)18-12-4-3-5-13-18/h2-16H,1H3/q+1/b9-8+,10-2-,17-11+. The quantitative estimate of drug-likeness (QED) is 0.412. The van der Waals surface area contributed by atoms with Crippen molar-refractivity contribution >= 4 is 45.1 Å². The van der Waals surface area contributed by atoms with E-state index >= 15 is 0 Å². The molecule has 26 heavy (non-hydrogen) atoms. The molecule has 2 aromatic rings. The van der Waals surface area contributed by atoms with Crippen LogP contribution in [-0.4, -0.2) is 17.8 Å². The first kappa shape index (κ1) is 17.9. The number of halogens is 1. The van der Waals surface area contributed by atoms with Crippen LogP contribution < -0.4 is 9.57 Å². The van der Waals surface area contributed by atoms with Gasteiger partial charge in [-0.1, -0.05) is 69.2 Å². The van der Waals surface area contributed by atoms with Gasteiger partial charge in [0, 0.05) is 16.2 Å². The van der Waals surface area contributed by atoms with Crippen LogP contribution >= 0.6 is 15.9 Å². The van der Waals surface area contributed by atoms with E-state index in [1.165, 1.54) is 0 Å². The van der Waals surface area contributed by atoms with Gasteiger partial charge in [-0.15, -0.1) is 0 Å². The lowest BCUT2D eigenvalue weighted by Crippen LogP contribution is -2.26. The van der Waals surface area contributed by atoms with Gasteiger partial charge >= 0.3 is 11.6 Å². The fourth-order valence-electron chi connectivity index (χ4n) is 2.69. The molecule has 0 spiro atoms. The van der Waals surface area contributed by atoms with Crippen molar-refractivity contribution in [2.45, 2.75) is 6.92 Å². The molecule has 1 aliphatic heterocycles. The number of nitrogens with zero attached hydrogens (tertiary/aromatic N) is 2. The molecule has 4 heteroatoms. The van der Waals surface area contributed by atoms with E-state index in [1.54, 1.807) is 17.2 Å². The van der Waals surface area contributed by atoms with Gasteiger partial charge < -0.3 is 0 Å². The van der Waals surface area contributed by atoms with Gasteiger partial charge in [-0.3, -0.25) is 9.69 Å². The number of fused-ring (bicyclic) bond motifs is 1. The maximum absolute atomic E-state index is 12.9. The zero-order valence-electron chi connectivity index (χ0n) is 14.3. The fourth-order valence-corrected chi connectivity index (χ4v) is 3.10. The number of rotatable bonds is 4. The molecule has 2 aromatic carbocycles. The Morgan fingerprint density at radius 1 is 1.04 bits per heavy atom. The zero-order chi connectivity index (χ0) is 18.4. The van der Waals surface area contributed by atoms with E-state index in [2.05, 4.69) is 20.6 Å². The topological polar surface area (TPSA) is 34.4 Å². The van der Waals surface area contributed by atoms with E-state index in [0.29, 0.717) is 5.71 Å². The number of hydrogen-bond acceptors (Lipinski definition) is 1. The van der Waals surface area contributed by atoms with Crippen molar-refractivity contribution in [3.8, 4) is 0 Å². The van der Waals surface area contributed by atoms with Crippen LogP contribution in [0.1, 0.15) is 12.5 Å². The lowest BCUT2D eigenvalue weighted by atomic mass is 10.1. The molecule has 0 saturated carbocycles. The molecule has 128 valence electrons. The molecule has 0 fully saturated rings. The zero-order valence-corrected chi connectivity index (χ0v) is 15.9. The van der Waals surface area contributed by atoms with Crippen molar-refractivity contribution in [2.75, 3.05) is 4.90 Å². The number of anilines is 2. The van der Waals surface area contributed by atoms with Gasteiger partial charge in [0.25, 0.3) is 6.21 Å². The Kier molecular flexibility index (Phi) is 5.80. The van der Waals surface area contributed by atoms with Gasteiger partial charge in [-0.05, 0) is 37.3 Å². The van der Waals surface area contributed by atoms with Crippen molar-refractivity contribution in [2.24, 2.45) is 0 Å². The first-order chi connectivity index (χ1) is 12.7. The minimum absolute atomic E-state index is 0.118. The molecular weight excluding hydrogens is 388 g/mol. The molecule has 0 saturated heterocycles. The highest BCUT2D eigenvalue weighted by Gasteiger charge is 2.41. The summed E-state index contributed by atoms with van der Waals surface area (Å²) >= 11 is 3.43. The molecule has 0 bridgehead atoms. The predicted molar refractivity (Wildman–Crippen MR) is 113 cm³/mol. The van der Waals surface area contributed by atoms with E-state index in [-0.39, 0.29) is 5.91 Å². The SMILES string of the molecule is C\C=C/C(Br)=C\C=C\C=[N+]=C1C(=O)N(c2ccccc2)c2ccccc21. The molecule has 3 rings (SSSR count). The van der Waals surface area contributed by atoms with Gasteiger partial charge in [0.15, 0.2) is 0 Å². The van der Waals surface area contributed by atoms with Crippen LogP contribution in [0, 0.1) is 0 Å². The minimum atomic E-state index is -0.118. The number of benzene rings is 2. The average Bonchev–Trinajstić information content (AvgIpc) is 2.94. The molecule has 0 radical (unpaired) electrons. The molecule has 1 amide bonds. The van der Waals surface area contributed by atoms with Crippen LogP contribution in [0.2, 0.25) is 0 Å². The lowest BCUT2D eigenvalue weighted by Gasteiger charge is -2.15. The summed E-state index contributed by atoms with van der Waals surface area (Å²) in [5.41, 5.74) is 2.99. The Balaban J connectivity index is 1.96. The Labute approximate surface area is 161 Å². The summed E-state index contributed by atoms with van der Waals surface area (Å²) in [7, 11) is 0. The first-order valence-electron chi connectivity index (χ1n) is 8.27. The average molecular weight is 406 g/mol. The van der Waals surface area contributed by atoms with Crippen LogP contribution in [0.25, 0.3) is 0 Å². The highest BCUT2D eigenvalue weighted by molar-refractivity contribution is 9.11. The normalized spacial score (nSPS) is 14.2. The molecule has 1 aliphatic rings. The van der Waals surface area contributed by atoms with Crippen molar-refractivity contribution in [1.82, 2.24) is 4.67 Å². The van der Waals surface area contributed by atoms with E-state index in [4.69, 9.17) is 0 Å². The third-order valence-corrected chi connectivity index (χ3v) is 4.33. The van der Waals surface area contributed by atoms with Crippen molar-refractivity contribution in [1.29, 1.82) is 0 Å². The number of allylic oxidation sites excluding steroid dienone is 6. The van der Waals surface area contributed by atoms with E-state index < -0.39 is 0 Å². The Bertz CT molecular complexity index is 965. The van der Waals surface area contributed by atoms with E-state index in [9.17, 15) is 4.79 Å². The summed E-state index contributed by atoms with van der Waals surface area (Å²) in [4.78, 5) is 14.6. The molecular formula is C22H18BrN2O+. The smallest absolute Gasteiger partial charge is 0.270 e. The molecule has 3 nitrogen and oxygen atoms in total. The Morgan fingerprint density at radius 2 is 1.77 bits per heavy atom. The summed E-state index contributed by atoms with van der Waals surface area (Å²) < 4.78 is 5.38. The van der Waals surface area contributed by atoms with Crippen LogP contribution in [0.15, 0.2) is 89.5 Å². The number of carbonyl (C=O) groups is 1. The largest absolute Gasteiger partial charge is 0.401 e. The third kappa shape index (κ3) is 3.83. The van der Waals surface area contributed by atoms with Gasteiger partial charge in [-0.25, -0.2) is 0 Å². The highest BCUT2D eigenvalue weighted by Crippen LogP contribution is 2.34. The molecule has 0 atom stereocenters.